The van der Waals surface area contributed by atoms with Crippen molar-refractivity contribution in [2.45, 2.75) is 69.2 Å². The summed E-state index contributed by atoms with van der Waals surface area (Å²) in [6.07, 6.45) is 1.18. The number of hydrogen-bond acceptors (Lipinski definition) is 8. The van der Waals surface area contributed by atoms with Crippen LogP contribution in [-0.4, -0.2) is 61.8 Å². The SMILES string of the molecule is CCc1cc2c(N3CCC(NC(=O)OC(C)(C)C)C3)nc(Sc3ccc4nc(C)cc(C(=O)O)c4c3)nc2[nH]1. The van der Waals surface area contributed by atoms with Crippen LogP contribution in [0.5, 0.6) is 0 Å². The molecule has 4 heterocycles. The summed E-state index contributed by atoms with van der Waals surface area (Å²) in [5, 5.41) is 14.7. The molecule has 0 bridgehead atoms. The molecule has 1 aliphatic heterocycles. The van der Waals surface area contributed by atoms with Crippen molar-refractivity contribution in [1.29, 1.82) is 0 Å². The van der Waals surface area contributed by atoms with E-state index in [1.54, 1.807) is 13.0 Å². The minimum Gasteiger partial charge on any atom is -0.478 e. The average Bonchev–Trinajstić information content (AvgIpc) is 3.48. The molecule has 204 valence electrons. The van der Waals surface area contributed by atoms with Crippen molar-refractivity contribution in [3.63, 3.8) is 0 Å². The number of anilines is 1. The molecule has 5 rings (SSSR count). The number of amides is 1. The van der Waals surface area contributed by atoms with Crippen molar-refractivity contribution >= 4 is 51.6 Å². The highest BCUT2D eigenvalue weighted by molar-refractivity contribution is 7.99. The third-order valence-electron chi connectivity index (χ3n) is 6.44. The van der Waals surface area contributed by atoms with Gasteiger partial charge in [0.1, 0.15) is 17.1 Å². The fourth-order valence-corrected chi connectivity index (χ4v) is 5.53. The predicted octanol–water partition coefficient (Wildman–Crippen LogP) is 5.33. The van der Waals surface area contributed by atoms with Crippen LogP contribution in [0.15, 0.2) is 40.4 Å². The highest BCUT2D eigenvalue weighted by Crippen LogP contribution is 2.34. The molecule has 1 unspecified atom stereocenters. The molecule has 0 spiro atoms. The summed E-state index contributed by atoms with van der Waals surface area (Å²) in [7, 11) is 0. The fourth-order valence-electron chi connectivity index (χ4n) is 4.73. The van der Waals surface area contributed by atoms with Gasteiger partial charge in [0.25, 0.3) is 0 Å². The maximum Gasteiger partial charge on any atom is 0.407 e. The third kappa shape index (κ3) is 5.93. The minimum absolute atomic E-state index is 0.0589. The maximum absolute atomic E-state index is 12.3. The monoisotopic (exact) mass is 548 g/mol. The number of carboxylic acid groups (broad SMARTS) is 1. The van der Waals surface area contributed by atoms with E-state index in [1.165, 1.54) is 11.8 Å². The molecular weight excluding hydrogens is 516 g/mol. The number of ether oxygens (including phenoxy) is 1. The summed E-state index contributed by atoms with van der Waals surface area (Å²) in [6, 6.07) is 9.16. The molecule has 1 saturated heterocycles. The third-order valence-corrected chi connectivity index (χ3v) is 7.29. The number of nitrogens with zero attached hydrogens (tertiary/aromatic N) is 4. The van der Waals surface area contributed by atoms with Crippen LogP contribution >= 0.6 is 11.8 Å². The minimum atomic E-state index is -0.991. The molecule has 3 N–H and O–H groups in total. The van der Waals surface area contributed by atoms with E-state index in [9.17, 15) is 14.7 Å². The first kappa shape index (κ1) is 26.7. The highest BCUT2D eigenvalue weighted by Gasteiger charge is 2.29. The van der Waals surface area contributed by atoms with Crippen LogP contribution in [0, 0.1) is 6.92 Å². The molecule has 0 aliphatic carbocycles. The predicted molar refractivity (Wildman–Crippen MR) is 151 cm³/mol. The molecule has 1 fully saturated rings. The fraction of sp³-hybridized carbons (Fsp3) is 0.393. The van der Waals surface area contributed by atoms with Crippen LogP contribution in [-0.2, 0) is 11.2 Å². The van der Waals surface area contributed by atoms with Gasteiger partial charge >= 0.3 is 12.1 Å². The highest BCUT2D eigenvalue weighted by atomic mass is 32.2. The number of carbonyl (C=O) groups is 2. The Bertz CT molecular complexity index is 1580. The summed E-state index contributed by atoms with van der Waals surface area (Å²) in [4.78, 5) is 44.8. The number of H-pyrrole nitrogens is 1. The first-order valence-corrected chi connectivity index (χ1v) is 13.8. The zero-order chi connectivity index (χ0) is 27.9. The Kier molecular flexibility index (Phi) is 7.11. The number of aromatic amines is 1. The van der Waals surface area contributed by atoms with E-state index in [4.69, 9.17) is 14.7 Å². The Balaban J connectivity index is 1.45. The van der Waals surface area contributed by atoms with Crippen molar-refractivity contribution in [2.75, 3.05) is 18.0 Å². The van der Waals surface area contributed by atoms with E-state index in [0.29, 0.717) is 28.3 Å². The van der Waals surface area contributed by atoms with Crippen molar-refractivity contribution < 1.29 is 19.4 Å². The van der Waals surface area contributed by atoms with E-state index < -0.39 is 17.7 Å². The molecule has 39 heavy (non-hydrogen) atoms. The second-order valence-corrected chi connectivity index (χ2v) is 11.8. The number of pyridine rings is 1. The summed E-state index contributed by atoms with van der Waals surface area (Å²) in [5.74, 6) is -0.189. The van der Waals surface area contributed by atoms with Crippen LogP contribution in [0.3, 0.4) is 0 Å². The first-order valence-electron chi connectivity index (χ1n) is 13.0. The van der Waals surface area contributed by atoms with Gasteiger partial charge in [-0.15, -0.1) is 0 Å². The molecule has 10 nitrogen and oxygen atoms in total. The van der Waals surface area contributed by atoms with Crippen molar-refractivity contribution in [2.24, 2.45) is 0 Å². The molecule has 0 saturated carbocycles. The molecule has 11 heteroatoms. The van der Waals surface area contributed by atoms with Gasteiger partial charge in [-0.05, 0) is 82.6 Å². The van der Waals surface area contributed by atoms with Crippen LogP contribution in [0.1, 0.15) is 55.9 Å². The molecule has 1 amide bonds. The van der Waals surface area contributed by atoms with Gasteiger partial charge in [-0.3, -0.25) is 4.98 Å². The Morgan fingerprint density at radius 2 is 1.97 bits per heavy atom. The lowest BCUT2D eigenvalue weighted by atomic mass is 10.1. The number of fused-ring (bicyclic) bond motifs is 2. The number of aromatic nitrogens is 4. The summed E-state index contributed by atoms with van der Waals surface area (Å²) in [5.41, 5.74) is 2.75. The van der Waals surface area contributed by atoms with Crippen LogP contribution < -0.4 is 10.2 Å². The van der Waals surface area contributed by atoms with E-state index in [2.05, 4.69) is 33.2 Å². The second kappa shape index (κ2) is 10.4. The lowest BCUT2D eigenvalue weighted by Crippen LogP contribution is -2.40. The number of hydrogen-bond donors (Lipinski definition) is 3. The molecule has 4 aromatic rings. The summed E-state index contributed by atoms with van der Waals surface area (Å²) in [6.45, 7) is 10.7. The van der Waals surface area contributed by atoms with Crippen LogP contribution in [0.4, 0.5) is 10.6 Å². The zero-order valence-corrected chi connectivity index (χ0v) is 23.5. The molecular formula is C28H32N6O4S. The number of carbonyl (C=O) groups excluding carboxylic acids is 1. The Hall–Kier alpha value is -3.86. The molecule has 3 aromatic heterocycles. The van der Waals surface area contributed by atoms with Gasteiger partial charge < -0.3 is 25.0 Å². The zero-order valence-electron chi connectivity index (χ0n) is 22.7. The average molecular weight is 549 g/mol. The van der Waals surface area contributed by atoms with Gasteiger partial charge in [0.05, 0.1) is 22.5 Å². The summed E-state index contributed by atoms with van der Waals surface area (Å²) >= 11 is 1.37. The van der Waals surface area contributed by atoms with E-state index in [1.807, 2.05) is 39.0 Å². The first-order chi connectivity index (χ1) is 18.5. The van der Waals surface area contributed by atoms with E-state index in [0.717, 1.165) is 46.8 Å². The molecule has 1 aromatic carbocycles. The van der Waals surface area contributed by atoms with Gasteiger partial charge in [-0.2, -0.15) is 0 Å². The number of nitrogens with one attached hydrogen (secondary N) is 2. The standard InChI is InChI=1S/C28H32N6O4S/c1-6-16-12-21-23(30-16)32-26(33-24(21)34-10-9-17(14-34)31-27(37)38-28(3,4)5)39-18-7-8-22-19(13-18)20(25(35)36)11-15(2)29-22/h7-8,11-13,17H,6,9-10,14H2,1-5H3,(H,31,37)(H,35,36)(H,30,32,33). The number of benzene rings is 1. The van der Waals surface area contributed by atoms with Gasteiger partial charge in [-0.25, -0.2) is 19.6 Å². The van der Waals surface area contributed by atoms with Crippen molar-refractivity contribution in [3.05, 3.63) is 47.3 Å². The van der Waals surface area contributed by atoms with Gasteiger partial charge in [-0.1, -0.05) is 6.92 Å². The lowest BCUT2D eigenvalue weighted by molar-refractivity contribution is 0.0508. The molecule has 1 aliphatic rings. The van der Waals surface area contributed by atoms with E-state index >= 15 is 0 Å². The number of alkyl carbamates (subject to hydrolysis) is 1. The van der Waals surface area contributed by atoms with Crippen molar-refractivity contribution in [3.8, 4) is 0 Å². The number of aryl methyl sites for hydroxylation is 2. The quantitative estimate of drug-likeness (QED) is 0.273. The second-order valence-electron chi connectivity index (χ2n) is 10.7. The lowest BCUT2D eigenvalue weighted by Gasteiger charge is -2.22. The largest absolute Gasteiger partial charge is 0.478 e. The van der Waals surface area contributed by atoms with E-state index in [-0.39, 0.29) is 11.6 Å². The number of aromatic carboxylic acids is 1. The maximum atomic E-state index is 12.3. The molecule has 0 radical (unpaired) electrons. The summed E-state index contributed by atoms with van der Waals surface area (Å²) < 4.78 is 5.43. The Labute approximate surface area is 230 Å². The normalized spacial score (nSPS) is 15.7. The smallest absolute Gasteiger partial charge is 0.407 e. The van der Waals surface area contributed by atoms with Gasteiger partial charge in [0.15, 0.2) is 5.16 Å². The van der Waals surface area contributed by atoms with Gasteiger partial charge in [0.2, 0.25) is 0 Å². The molecule has 1 atom stereocenters. The van der Waals surface area contributed by atoms with Crippen LogP contribution in [0.25, 0.3) is 21.9 Å². The number of carboxylic acids is 1. The van der Waals surface area contributed by atoms with Crippen LogP contribution in [0.2, 0.25) is 0 Å². The number of rotatable bonds is 6. The Morgan fingerprint density at radius 1 is 1.18 bits per heavy atom. The topological polar surface area (TPSA) is 133 Å². The van der Waals surface area contributed by atoms with Gasteiger partial charge in [0, 0.05) is 34.8 Å². The Morgan fingerprint density at radius 3 is 2.69 bits per heavy atom. The van der Waals surface area contributed by atoms with Crippen molar-refractivity contribution in [1.82, 2.24) is 25.3 Å².